The molecule has 1 aliphatic rings. The van der Waals surface area contributed by atoms with Crippen molar-refractivity contribution in [1.82, 2.24) is 0 Å². The quantitative estimate of drug-likeness (QED) is 0.203. The molecule has 0 aromatic heterocycles. The normalized spacial score (nSPS) is 66.0. The van der Waals surface area contributed by atoms with Gasteiger partial charge in [-0.3, -0.25) is 0 Å². The largest absolute Gasteiger partial charge is 0.133 e. The van der Waals surface area contributed by atoms with Gasteiger partial charge in [0.1, 0.15) is 34.4 Å². The molecule has 0 amide bonds. The predicted molar refractivity (Wildman–Crippen MR) is 123 cm³/mol. The third kappa shape index (κ3) is 2.19. The highest BCUT2D eigenvalue weighted by atomic mass is 79.9. The summed E-state index contributed by atoms with van der Waals surface area (Å²) in [6.45, 7) is 15.4. The second-order valence-electron chi connectivity index (χ2n) is 6.02. The van der Waals surface area contributed by atoms with Crippen LogP contribution in [0, 0.1) is 0 Å². The first-order chi connectivity index (χ1) is 7.50. The average molecular weight is 738 g/mol. The molecule has 1 rings (SSSR count). The van der Waals surface area contributed by atoms with Crippen molar-refractivity contribution in [2.75, 3.05) is 0 Å². The zero-order chi connectivity index (χ0) is 15.0. The lowest BCUT2D eigenvalue weighted by atomic mass is 11.9. The van der Waals surface area contributed by atoms with Gasteiger partial charge in [0.2, 0.25) is 0 Å². The van der Waals surface area contributed by atoms with Gasteiger partial charge in [-0.1, -0.05) is 39.3 Å². The summed E-state index contributed by atoms with van der Waals surface area (Å²) in [6, 6.07) is 0. The Balaban J connectivity index is 3.72. The van der Waals surface area contributed by atoms with E-state index in [2.05, 4.69) is 131 Å². The molecule has 18 heavy (non-hydrogen) atoms. The first-order valence-corrected chi connectivity index (χ1v) is 40.2. The Bertz CT molecular complexity index is 260. The number of hydrogen-bond donors (Lipinski definition) is 0. The third-order valence-electron chi connectivity index (χ3n) is 5.29. The second kappa shape index (κ2) is 5.34. The summed E-state index contributed by atoms with van der Waals surface area (Å²) in [5.74, 6) is 0. The first kappa shape index (κ1) is 20.2. The molecule has 0 bridgehead atoms. The first-order valence-electron chi connectivity index (χ1n) is 5.63. The van der Waals surface area contributed by atoms with Crippen LogP contribution in [0.15, 0.2) is 0 Å². The number of hydrogen-bond acceptors (Lipinski definition) is 0. The molecule has 0 aliphatic carbocycles. The lowest BCUT2D eigenvalue weighted by Crippen LogP contribution is -2.96. The van der Waals surface area contributed by atoms with E-state index in [1.807, 2.05) is 0 Å². The maximum absolute atomic E-state index is 4.32. The highest BCUT2D eigenvalue weighted by Crippen LogP contribution is 2.62. The monoisotopic (exact) mass is 732 g/mol. The van der Waals surface area contributed by atoms with Crippen LogP contribution in [-0.2, 0) is 0 Å². The lowest BCUT2D eigenvalue weighted by molar-refractivity contribution is 2.05. The van der Waals surface area contributed by atoms with Crippen molar-refractivity contribution in [2.24, 2.45) is 0 Å². The molecule has 0 atom stereocenters. The number of rotatable bonds is 0. The predicted octanol–water partition coefficient (Wildman–Crippen LogP) is 6.29. The highest BCUT2D eigenvalue weighted by molar-refractivity contribution is 9.55. The molecule has 0 unspecified atom stereocenters. The van der Waals surface area contributed by atoms with Crippen LogP contribution in [0.1, 0.15) is 0 Å². The summed E-state index contributed by atoms with van der Waals surface area (Å²) in [7, 11) is 0. The van der Waals surface area contributed by atoms with Crippen LogP contribution >= 0.6 is 91.8 Å². The molecule has 0 radical (unpaired) electrons. The van der Waals surface area contributed by atoms with E-state index in [1.54, 1.807) is 0 Å². The van der Waals surface area contributed by atoms with E-state index in [0.717, 1.165) is 0 Å². The van der Waals surface area contributed by atoms with Gasteiger partial charge in [0.15, 0.2) is 0 Å². The minimum Gasteiger partial charge on any atom is -0.132 e. The van der Waals surface area contributed by atoms with Crippen LogP contribution < -0.4 is 0 Å². The minimum atomic E-state index is -1.45. The molecule has 0 saturated carbocycles. The Kier molecular flexibility index (Phi) is 6.00. The van der Waals surface area contributed by atoms with Gasteiger partial charge < -0.3 is 0 Å². The smallest absolute Gasteiger partial charge is 0.132 e. The van der Waals surface area contributed by atoms with Crippen LogP contribution in [0.3, 0.4) is 0 Å². The van der Waals surface area contributed by atoms with Gasteiger partial charge in [-0.15, -0.1) is 91.8 Å². The van der Waals surface area contributed by atoms with Crippen LogP contribution in [0.4, 0.5) is 0 Å². The topological polar surface area (TPSA) is 0 Å². The average Bonchev–Trinajstić information content (AvgIpc) is 2.14. The molecule has 1 fully saturated rings. The maximum atomic E-state index is 4.32. The highest BCUT2D eigenvalue weighted by Gasteiger charge is 2.83. The maximum Gasteiger partial charge on any atom is 0.133 e. The van der Waals surface area contributed by atoms with Crippen molar-refractivity contribution in [3.05, 3.63) is 0 Å². The molecule has 1 aliphatic heterocycles. The molecule has 0 nitrogen and oxygen atoms in total. The standard InChI is InChI=1S/C6H18Br6Si6/c1-13(7)14(2,8)16(4,10)18(6,12)17(5,11)15(13,3)9/h1-6H3. The van der Waals surface area contributed by atoms with Gasteiger partial charge in [0.05, 0.1) is 0 Å². The van der Waals surface area contributed by atoms with E-state index >= 15 is 0 Å². The van der Waals surface area contributed by atoms with Gasteiger partial charge in [-0.05, 0) is 0 Å². The summed E-state index contributed by atoms with van der Waals surface area (Å²) in [6.07, 6.45) is 0. The van der Waals surface area contributed by atoms with Crippen LogP contribution in [0.2, 0.25) is 39.3 Å². The Morgan fingerprint density at radius 3 is 0.444 bits per heavy atom. The molecule has 0 N–H and O–H groups in total. The molecule has 0 spiro atoms. The van der Waals surface area contributed by atoms with Crippen molar-refractivity contribution in [2.45, 2.75) is 39.3 Å². The van der Waals surface area contributed by atoms with E-state index in [9.17, 15) is 0 Å². The molecule has 1 saturated heterocycles. The van der Waals surface area contributed by atoms with E-state index < -0.39 is 34.4 Å². The molecule has 12 heteroatoms. The van der Waals surface area contributed by atoms with Crippen LogP contribution in [0.25, 0.3) is 0 Å². The van der Waals surface area contributed by atoms with Gasteiger partial charge in [-0.2, -0.15) is 0 Å². The van der Waals surface area contributed by atoms with Crippen molar-refractivity contribution >= 4 is 126 Å². The van der Waals surface area contributed by atoms with E-state index in [-0.39, 0.29) is 0 Å². The fraction of sp³-hybridized carbons (Fsp3) is 1.00. The fourth-order valence-electron chi connectivity index (χ4n) is 2.65. The van der Waals surface area contributed by atoms with E-state index in [1.165, 1.54) is 0 Å². The van der Waals surface area contributed by atoms with Crippen molar-refractivity contribution in [3.8, 4) is 0 Å². The van der Waals surface area contributed by atoms with E-state index in [0.29, 0.717) is 0 Å². The van der Waals surface area contributed by atoms with Crippen molar-refractivity contribution in [3.63, 3.8) is 0 Å². The summed E-state index contributed by atoms with van der Waals surface area (Å²) in [5, 5.41) is 0. The van der Waals surface area contributed by atoms with Gasteiger partial charge in [0.25, 0.3) is 0 Å². The molecule has 1 heterocycles. The zero-order valence-electron chi connectivity index (χ0n) is 11.3. The van der Waals surface area contributed by atoms with Crippen molar-refractivity contribution in [1.29, 1.82) is 0 Å². The summed E-state index contributed by atoms with van der Waals surface area (Å²) < 4.78 is 0. The fourth-order valence-corrected chi connectivity index (χ4v) is 404. The summed E-state index contributed by atoms with van der Waals surface area (Å²) in [5.41, 5.74) is -8.68. The lowest BCUT2D eigenvalue weighted by Gasteiger charge is -2.65. The Morgan fingerprint density at radius 1 is 0.333 bits per heavy atom. The molecule has 0 aromatic rings. The van der Waals surface area contributed by atoms with Gasteiger partial charge >= 0.3 is 0 Å². The summed E-state index contributed by atoms with van der Waals surface area (Å²) >= 11 is 25.9. The SMILES string of the molecule is C[Si]1(Br)[Si](C)(Br)[Si](C)(Br)[Si](C)(Br)[Si](C)(Br)[Si]1(C)Br. The second-order valence-corrected chi connectivity index (χ2v) is 118. The van der Waals surface area contributed by atoms with Gasteiger partial charge in [0, 0.05) is 0 Å². The zero-order valence-corrected chi connectivity index (χ0v) is 26.8. The molecule has 0 aromatic carbocycles. The minimum absolute atomic E-state index is 1.45. The molecular weight excluding hydrogens is 720 g/mol. The Labute approximate surface area is 162 Å². The Morgan fingerprint density at radius 2 is 0.389 bits per heavy atom. The molecular formula is C6H18Br6Si6. The third-order valence-corrected chi connectivity index (χ3v) is 269. The van der Waals surface area contributed by atoms with Crippen LogP contribution in [-0.4, -0.2) is 34.4 Å². The molecule has 108 valence electrons. The van der Waals surface area contributed by atoms with E-state index in [4.69, 9.17) is 0 Å². The van der Waals surface area contributed by atoms with Crippen molar-refractivity contribution < 1.29 is 0 Å². The van der Waals surface area contributed by atoms with Gasteiger partial charge in [-0.25, -0.2) is 0 Å². The summed E-state index contributed by atoms with van der Waals surface area (Å²) in [4.78, 5) is 0. The van der Waals surface area contributed by atoms with Crippen LogP contribution in [0.5, 0.6) is 0 Å². The Hall–Kier alpha value is 4.18. The number of halogens is 6.